The smallest absolute Gasteiger partial charge is 0.268 e. The first-order chi connectivity index (χ1) is 13.4. The van der Waals surface area contributed by atoms with E-state index >= 15 is 0 Å². The molecule has 0 fully saturated rings. The number of benzene rings is 3. The van der Waals surface area contributed by atoms with Crippen LogP contribution in [-0.2, 0) is 10.0 Å². The summed E-state index contributed by atoms with van der Waals surface area (Å²) in [5.41, 5.74) is 0.291. The van der Waals surface area contributed by atoms with E-state index in [1.165, 1.54) is 18.3 Å². The van der Waals surface area contributed by atoms with E-state index < -0.39 is 21.6 Å². The summed E-state index contributed by atoms with van der Waals surface area (Å²) >= 11 is 0. The Hall–Kier alpha value is -3.45. The normalized spacial score (nSPS) is 11.6. The number of hydrogen-bond acceptors (Lipinski definition) is 4. The van der Waals surface area contributed by atoms with Crippen LogP contribution in [0.25, 0.3) is 10.8 Å². The van der Waals surface area contributed by atoms with Crippen LogP contribution in [0, 0.1) is 6.92 Å². The molecule has 0 unspecified atom stereocenters. The van der Waals surface area contributed by atoms with E-state index in [0.717, 1.165) is 21.7 Å². The predicted molar refractivity (Wildman–Crippen MR) is 106 cm³/mol. The molecule has 0 bridgehead atoms. The van der Waals surface area contributed by atoms with E-state index in [2.05, 4.69) is 0 Å². The molecule has 4 rings (SSSR count). The molecule has 0 N–H and O–H groups in total. The van der Waals surface area contributed by atoms with E-state index in [-0.39, 0.29) is 4.90 Å². The molecule has 140 valence electrons. The molecular weight excluding hydrogens is 376 g/mol. The Morgan fingerprint density at radius 3 is 2.29 bits per heavy atom. The van der Waals surface area contributed by atoms with Gasteiger partial charge >= 0.3 is 5.69 Å². The molecule has 28 heavy (non-hydrogen) atoms. The van der Waals surface area contributed by atoms with Crippen molar-refractivity contribution in [3.8, 4) is 0 Å². The molecule has 0 saturated heterocycles. The first-order valence-corrected chi connectivity index (χ1v) is 9.98. The quantitative estimate of drug-likeness (QED) is 0.537. The van der Waals surface area contributed by atoms with Crippen molar-refractivity contribution in [2.24, 2.45) is 0 Å². The Bertz CT molecular complexity index is 1360. The number of carbonyl (C=O) groups excluding carboxylic acids is 1. The van der Waals surface area contributed by atoms with Gasteiger partial charge in [0.15, 0.2) is 0 Å². The van der Waals surface area contributed by atoms with Gasteiger partial charge in [-0.15, -0.1) is 0 Å². The fourth-order valence-corrected chi connectivity index (χ4v) is 4.28. The second-order valence-electron chi connectivity index (χ2n) is 6.40. The van der Waals surface area contributed by atoms with Crippen LogP contribution >= 0.6 is 0 Å². The van der Waals surface area contributed by atoms with Gasteiger partial charge in [-0.25, -0.2) is 17.8 Å². The van der Waals surface area contributed by atoms with E-state index in [1.54, 1.807) is 36.4 Å². The van der Waals surface area contributed by atoms with Crippen LogP contribution in [0.3, 0.4) is 0 Å². The Kier molecular flexibility index (Phi) is 4.24. The van der Waals surface area contributed by atoms with Crippen molar-refractivity contribution in [3.05, 3.63) is 101 Å². The highest BCUT2D eigenvalue weighted by Crippen LogP contribution is 2.19. The highest BCUT2D eigenvalue weighted by molar-refractivity contribution is 7.90. The Balaban J connectivity index is 1.81. The van der Waals surface area contributed by atoms with Gasteiger partial charge in [0.2, 0.25) is 0 Å². The molecule has 4 aromatic rings. The number of aromatic nitrogens is 2. The van der Waals surface area contributed by atoms with Gasteiger partial charge in [0.05, 0.1) is 4.90 Å². The SMILES string of the molecule is Cc1ccc(S(=O)(=O)n2ccn(C(=O)c3cccc4ccccc34)c2=O)cc1. The highest BCUT2D eigenvalue weighted by atomic mass is 32.2. The summed E-state index contributed by atoms with van der Waals surface area (Å²) in [6.07, 6.45) is 2.28. The average Bonchev–Trinajstić information content (AvgIpc) is 3.09. The fraction of sp³-hybridized carbons (Fsp3) is 0.0476. The van der Waals surface area contributed by atoms with Crippen LogP contribution in [0.4, 0.5) is 0 Å². The van der Waals surface area contributed by atoms with Crippen LogP contribution in [0.5, 0.6) is 0 Å². The lowest BCUT2D eigenvalue weighted by atomic mass is 10.0. The summed E-state index contributed by atoms with van der Waals surface area (Å²) in [6, 6.07) is 18.7. The molecular formula is C21H16N2O4S. The van der Waals surface area contributed by atoms with E-state index in [4.69, 9.17) is 0 Å². The molecule has 0 aliphatic carbocycles. The summed E-state index contributed by atoms with van der Waals surface area (Å²) in [5.74, 6) is -0.584. The maximum Gasteiger partial charge on any atom is 0.349 e. The van der Waals surface area contributed by atoms with Gasteiger partial charge in [0.1, 0.15) is 0 Å². The monoisotopic (exact) mass is 392 g/mol. The lowest BCUT2D eigenvalue weighted by Gasteiger charge is -2.06. The van der Waals surface area contributed by atoms with Gasteiger partial charge in [0, 0.05) is 18.0 Å². The number of aryl methyl sites for hydroxylation is 1. The van der Waals surface area contributed by atoms with E-state index in [1.807, 2.05) is 25.1 Å². The van der Waals surface area contributed by atoms with Gasteiger partial charge in [-0.3, -0.25) is 4.79 Å². The second-order valence-corrected chi connectivity index (χ2v) is 8.21. The summed E-state index contributed by atoms with van der Waals surface area (Å²) in [6.45, 7) is 1.84. The maximum absolute atomic E-state index is 13.0. The van der Waals surface area contributed by atoms with E-state index in [9.17, 15) is 18.0 Å². The number of rotatable bonds is 3. The van der Waals surface area contributed by atoms with Gasteiger partial charge in [-0.2, -0.15) is 3.97 Å². The van der Waals surface area contributed by atoms with Crippen molar-refractivity contribution in [1.29, 1.82) is 0 Å². The summed E-state index contributed by atoms with van der Waals surface area (Å²) in [5, 5.41) is 1.55. The van der Waals surface area contributed by atoms with Crippen LogP contribution in [0.1, 0.15) is 15.9 Å². The lowest BCUT2D eigenvalue weighted by molar-refractivity contribution is 0.0957. The molecule has 3 aromatic carbocycles. The number of fused-ring (bicyclic) bond motifs is 1. The van der Waals surface area contributed by atoms with Crippen LogP contribution in [-0.4, -0.2) is 22.9 Å². The van der Waals surface area contributed by atoms with Crippen molar-refractivity contribution >= 4 is 26.7 Å². The zero-order valence-corrected chi connectivity index (χ0v) is 15.8. The third-order valence-electron chi connectivity index (χ3n) is 4.56. The summed E-state index contributed by atoms with van der Waals surface area (Å²) in [4.78, 5) is 25.7. The van der Waals surface area contributed by atoms with Crippen molar-refractivity contribution in [2.45, 2.75) is 11.8 Å². The first-order valence-electron chi connectivity index (χ1n) is 8.54. The van der Waals surface area contributed by atoms with Crippen molar-refractivity contribution < 1.29 is 13.2 Å². The van der Waals surface area contributed by atoms with Crippen molar-refractivity contribution in [3.63, 3.8) is 0 Å². The fourth-order valence-electron chi connectivity index (χ4n) is 3.06. The van der Waals surface area contributed by atoms with Crippen LogP contribution < -0.4 is 5.69 Å². The number of nitrogens with zero attached hydrogens (tertiary/aromatic N) is 2. The number of hydrogen-bond donors (Lipinski definition) is 0. The third-order valence-corrected chi connectivity index (χ3v) is 6.23. The Morgan fingerprint density at radius 2 is 1.54 bits per heavy atom. The molecule has 0 saturated carbocycles. The molecule has 0 amide bonds. The standard InChI is InChI=1S/C21H16N2O4S/c1-15-9-11-17(12-10-15)28(26,27)23-14-13-22(21(23)25)20(24)19-8-4-6-16-5-2-3-7-18(16)19/h2-14H,1H3. The summed E-state index contributed by atoms with van der Waals surface area (Å²) in [7, 11) is -4.09. The minimum absolute atomic E-state index is 0.0180. The molecule has 7 heteroatoms. The summed E-state index contributed by atoms with van der Waals surface area (Å²) < 4.78 is 27.0. The average molecular weight is 392 g/mol. The molecule has 0 radical (unpaired) electrons. The maximum atomic E-state index is 13.0. The van der Waals surface area contributed by atoms with Crippen molar-refractivity contribution in [1.82, 2.24) is 8.54 Å². The Labute approximate surface area is 161 Å². The molecule has 0 atom stereocenters. The zero-order chi connectivity index (χ0) is 19.9. The van der Waals surface area contributed by atoms with Crippen LogP contribution in [0.2, 0.25) is 0 Å². The highest BCUT2D eigenvalue weighted by Gasteiger charge is 2.23. The molecule has 0 aliphatic heterocycles. The largest absolute Gasteiger partial charge is 0.349 e. The van der Waals surface area contributed by atoms with Gasteiger partial charge in [-0.05, 0) is 35.9 Å². The molecule has 0 aliphatic rings. The zero-order valence-electron chi connectivity index (χ0n) is 14.9. The van der Waals surface area contributed by atoms with Gasteiger partial charge in [-0.1, -0.05) is 54.1 Å². The topological polar surface area (TPSA) is 78.1 Å². The third kappa shape index (κ3) is 2.86. The number of imidazole rings is 1. The minimum atomic E-state index is -4.09. The minimum Gasteiger partial charge on any atom is -0.268 e. The van der Waals surface area contributed by atoms with Crippen molar-refractivity contribution in [2.75, 3.05) is 0 Å². The molecule has 1 aromatic heterocycles. The molecule has 6 nitrogen and oxygen atoms in total. The first kappa shape index (κ1) is 17.9. The molecule has 1 heterocycles. The predicted octanol–water partition coefficient (Wildman–Crippen LogP) is 3.04. The van der Waals surface area contributed by atoms with Crippen LogP contribution in [0.15, 0.2) is 88.8 Å². The second kappa shape index (κ2) is 6.61. The lowest BCUT2D eigenvalue weighted by Crippen LogP contribution is -2.32. The van der Waals surface area contributed by atoms with Gasteiger partial charge < -0.3 is 0 Å². The van der Waals surface area contributed by atoms with E-state index in [0.29, 0.717) is 14.9 Å². The van der Waals surface area contributed by atoms with Gasteiger partial charge in [0.25, 0.3) is 15.9 Å². The number of carbonyl (C=O) groups is 1. The Morgan fingerprint density at radius 1 is 0.857 bits per heavy atom. The molecule has 0 spiro atoms.